The first-order valence-electron chi connectivity index (χ1n) is 18.4. The Morgan fingerprint density at radius 1 is 0.417 bits per heavy atom. The molecule has 3 aliphatic carbocycles. The van der Waals surface area contributed by atoms with Gasteiger partial charge in [0.1, 0.15) is 0 Å². The molecule has 0 amide bonds. The Hall–Kier alpha value is -4.68. The molecule has 1 fully saturated rings. The van der Waals surface area contributed by atoms with E-state index in [9.17, 15) is 0 Å². The van der Waals surface area contributed by atoms with Gasteiger partial charge in [-0.05, 0) is 116 Å². The van der Waals surface area contributed by atoms with Gasteiger partial charge in [-0.2, -0.15) is 0 Å². The van der Waals surface area contributed by atoms with Crippen LogP contribution in [0.2, 0.25) is 0 Å². The van der Waals surface area contributed by atoms with Crippen molar-refractivity contribution in [2.45, 2.75) is 76.0 Å². The Morgan fingerprint density at radius 2 is 0.812 bits per heavy atom. The molecule has 0 aromatic heterocycles. The van der Waals surface area contributed by atoms with Crippen molar-refractivity contribution in [3.05, 3.63) is 167 Å². The number of hydrogen-bond acceptors (Lipinski definition) is 0. The van der Waals surface area contributed by atoms with Crippen LogP contribution < -0.4 is 0 Å². The number of benzene rings is 6. The van der Waals surface area contributed by atoms with E-state index in [2.05, 4.69) is 147 Å². The molecular weight excluding hydrogens is 577 g/mol. The first kappa shape index (κ1) is 29.5. The van der Waals surface area contributed by atoms with Crippen LogP contribution in [-0.4, -0.2) is 0 Å². The second-order valence-electron chi connectivity index (χ2n) is 14.5. The molecule has 6 aromatic carbocycles. The van der Waals surface area contributed by atoms with E-state index in [0.29, 0.717) is 11.8 Å². The molecule has 0 heterocycles. The fourth-order valence-corrected chi connectivity index (χ4v) is 9.72. The molecular formula is C48H44. The van der Waals surface area contributed by atoms with E-state index >= 15 is 0 Å². The summed E-state index contributed by atoms with van der Waals surface area (Å²) in [5, 5.41) is 0. The van der Waals surface area contributed by atoms with Gasteiger partial charge in [-0.25, -0.2) is 0 Å². The van der Waals surface area contributed by atoms with Gasteiger partial charge in [0, 0.05) is 17.3 Å². The summed E-state index contributed by atoms with van der Waals surface area (Å²) in [5.41, 5.74) is 19.9. The monoisotopic (exact) mass is 620 g/mol. The molecule has 1 saturated carbocycles. The average Bonchev–Trinajstić information content (AvgIpc) is 3.66. The minimum absolute atomic E-state index is 0.0752. The Morgan fingerprint density at radius 3 is 1.25 bits per heavy atom. The Balaban J connectivity index is 1.03. The fraction of sp³-hybridized carbons (Fsp3) is 0.250. The quantitative estimate of drug-likeness (QED) is 0.174. The highest BCUT2D eigenvalue weighted by Gasteiger charge is 2.36. The second-order valence-corrected chi connectivity index (χ2v) is 14.5. The summed E-state index contributed by atoms with van der Waals surface area (Å²) in [6.45, 7) is 4.62. The van der Waals surface area contributed by atoms with Crippen LogP contribution in [0, 0.1) is 0 Å². The number of fused-ring (bicyclic) bond motifs is 6. The molecule has 2 atom stereocenters. The van der Waals surface area contributed by atoms with Gasteiger partial charge in [0.15, 0.2) is 0 Å². The minimum Gasteiger partial charge on any atom is -0.0645 e. The summed E-state index contributed by atoms with van der Waals surface area (Å²) >= 11 is 0. The lowest BCUT2D eigenvalue weighted by Crippen LogP contribution is -2.30. The lowest BCUT2D eigenvalue weighted by molar-refractivity contribution is 0.346. The second kappa shape index (κ2) is 11.8. The number of rotatable bonds is 6. The van der Waals surface area contributed by atoms with Crippen LogP contribution in [0.4, 0.5) is 0 Å². The smallest absolute Gasteiger partial charge is 0.0202 e. The predicted octanol–water partition coefficient (Wildman–Crippen LogP) is 13.3. The van der Waals surface area contributed by atoms with Gasteiger partial charge in [0.25, 0.3) is 0 Å². The van der Waals surface area contributed by atoms with Crippen molar-refractivity contribution in [1.82, 2.24) is 0 Å². The van der Waals surface area contributed by atoms with Gasteiger partial charge in [0.05, 0.1) is 0 Å². The van der Waals surface area contributed by atoms with Gasteiger partial charge >= 0.3 is 0 Å². The van der Waals surface area contributed by atoms with Crippen molar-refractivity contribution in [1.29, 1.82) is 0 Å². The average molecular weight is 621 g/mol. The summed E-state index contributed by atoms with van der Waals surface area (Å²) in [6.07, 6.45) is 8.62. The van der Waals surface area contributed by atoms with Crippen molar-refractivity contribution in [3.8, 4) is 44.5 Å². The summed E-state index contributed by atoms with van der Waals surface area (Å²) in [4.78, 5) is 0. The lowest BCUT2D eigenvalue weighted by Gasteiger charge is -2.39. The predicted molar refractivity (Wildman–Crippen MR) is 203 cm³/mol. The molecule has 3 aliphatic rings. The van der Waals surface area contributed by atoms with Crippen LogP contribution in [0.15, 0.2) is 133 Å². The Kier molecular flexibility index (Phi) is 7.23. The molecule has 9 rings (SSSR count). The molecule has 0 heteroatoms. The summed E-state index contributed by atoms with van der Waals surface area (Å²) in [5.74, 6) is 1.02. The van der Waals surface area contributed by atoms with E-state index in [-0.39, 0.29) is 5.41 Å². The summed E-state index contributed by atoms with van der Waals surface area (Å²) < 4.78 is 0. The van der Waals surface area contributed by atoms with E-state index < -0.39 is 0 Å². The molecule has 48 heavy (non-hydrogen) atoms. The van der Waals surface area contributed by atoms with Crippen molar-refractivity contribution in [2.24, 2.45) is 0 Å². The lowest BCUT2D eigenvalue weighted by atomic mass is 9.65. The molecule has 0 saturated heterocycles. The van der Waals surface area contributed by atoms with Gasteiger partial charge < -0.3 is 0 Å². The van der Waals surface area contributed by atoms with Gasteiger partial charge in [-0.3, -0.25) is 0 Å². The third-order valence-electron chi connectivity index (χ3n) is 12.2. The normalized spacial score (nSPS) is 18.5. The van der Waals surface area contributed by atoms with Crippen molar-refractivity contribution < 1.29 is 0 Å². The van der Waals surface area contributed by atoms with E-state index in [0.717, 1.165) is 12.8 Å². The fourth-order valence-electron chi connectivity index (χ4n) is 9.72. The molecule has 0 nitrogen and oxygen atoms in total. The first-order chi connectivity index (χ1) is 23.7. The van der Waals surface area contributed by atoms with Crippen LogP contribution in [0.1, 0.15) is 104 Å². The van der Waals surface area contributed by atoms with Gasteiger partial charge in [-0.15, -0.1) is 0 Å². The molecule has 236 valence electrons. The van der Waals surface area contributed by atoms with E-state index in [1.807, 2.05) is 0 Å². The van der Waals surface area contributed by atoms with Crippen LogP contribution in [0.5, 0.6) is 0 Å². The zero-order valence-electron chi connectivity index (χ0n) is 28.3. The maximum atomic E-state index is 2.44. The third kappa shape index (κ3) is 4.56. The van der Waals surface area contributed by atoms with E-state index in [1.165, 1.54) is 110 Å². The maximum absolute atomic E-state index is 2.44. The molecule has 0 aliphatic heterocycles. The van der Waals surface area contributed by atoms with Crippen molar-refractivity contribution in [3.63, 3.8) is 0 Å². The minimum atomic E-state index is 0.0752. The standard InChI is InChI=1S/C48H44/c1-3-38-40-12-6-8-14-42(40)46-30-34(20-26-44(38)46)32-16-22-36(23-17-32)48(28-10-5-11-29-48)37-24-18-33(19-25-37)35-21-27-45-39(4-2)41-13-7-9-15-43(41)47(45)31-35/h6-9,12-27,30-31,38-39H,3-5,10-11,28-29H2,1-2H3. The third-order valence-corrected chi connectivity index (χ3v) is 12.2. The molecule has 2 unspecified atom stereocenters. The highest BCUT2D eigenvalue weighted by atomic mass is 14.4. The van der Waals surface area contributed by atoms with E-state index in [4.69, 9.17) is 0 Å². The van der Waals surface area contributed by atoms with Gasteiger partial charge in [0.2, 0.25) is 0 Å². The van der Waals surface area contributed by atoms with Crippen LogP contribution in [0.3, 0.4) is 0 Å². The van der Waals surface area contributed by atoms with E-state index in [1.54, 1.807) is 0 Å². The molecule has 0 bridgehead atoms. The van der Waals surface area contributed by atoms with Crippen LogP contribution >= 0.6 is 0 Å². The summed E-state index contributed by atoms with van der Waals surface area (Å²) in [7, 11) is 0. The topological polar surface area (TPSA) is 0 Å². The summed E-state index contributed by atoms with van der Waals surface area (Å²) in [6, 6.07) is 51.6. The Bertz CT molecular complexity index is 1970. The van der Waals surface area contributed by atoms with Gasteiger partial charge in [-0.1, -0.05) is 154 Å². The highest BCUT2D eigenvalue weighted by molar-refractivity contribution is 5.84. The molecule has 6 aromatic rings. The highest BCUT2D eigenvalue weighted by Crippen LogP contribution is 2.50. The van der Waals surface area contributed by atoms with Crippen LogP contribution in [0.25, 0.3) is 44.5 Å². The molecule has 0 N–H and O–H groups in total. The molecule has 0 spiro atoms. The van der Waals surface area contributed by atoms with Crippen LogP contribution in [-0.2, 0) is 5.41 Å². The Labute approximate surface area is 286 Å². The van der Waals surface area contributed by atoms with Crippen molar-refractivity contribution in [2.75, 3.05) is 0 Å². The number of hydrogen-bond donors (Lipinski definition) is 0. The zero-order chi connectivity index (χ0) is 32.2. The van der Waals surface area contributed by atoms with Crippen molar-refractivity contribution >= 4 is 0 Å². The SMILES string of the molecule is CCC1c2ccccc2-c2cc(-c3ccc(C4(c5ccc(-c6ccc7c(c6)-c6ccccc6C7CC)cc5)CCCCC4)cc3)ccc21. The molecule has 0 radical (unpaired) electrons. The zero-order valence-corrected chi connectivity index (χ0v) is 28.3. The maximum Gasteiger partial charge on any atom is 0.0202 e. The largest absolute Gasteiger partial charge is 0.0645 e. The first-order valence-corrected chi connectivity index (χ1v) is 18.4.